The molecule has 1 fully saturated rings. The maximum Gasteiger partial charge on any atom is 0.407 e. The number of hydrogen-bond donors (Lipinski definition) is 2. The van der Waals surface area contributed by atoms with E-state index in [0.717, 1.165) is 5.56 Å². The van der Waals surface area contributed by atoms with Crippen LogP contribution < -0.4 is 5.32 Å². The van der Waals surface area contributed by atoms with Crippen molar-refractivity contribution in [2.45, 2.75) is 25.2 Å². The summed E-state index contributed by atoms with van der Waals surface area (Å²) >= 11 is 0. The molecule has 2 N–H and O–H groups in total. The number of amides is 1. The highest BCUT2D eigenvalue weighted by Gasteiger charge is 2.36. The van der Waals surface area contributed by atoms with Crippen molar-refractivity contribution in [1.82, 2.24) is 5.32 Å². The third-order valence-corrected chi connectivity index (χ3v) is 2.27. The third-order valence-electron chi connectivity index (χ3n) is 2.27. The summed E-state index contributed by atoms with van der Waals surface area (Å²) in [6.07, 6.45) is -0.241. The molecular formula is C11H13NO3. The van der Waals surface area contributed by atoms with E-state index in [1.165, 1.54) is 0 Å². The standard InChI is InChI=1S/C11H13NO3/c13-10-6-9(10)12-11(14)15-7-8-4-2-1-3-5-8/h1-5,9-10,13H,6-7H2,(H,12,14)/t9-,10+/m1/s1. The van der Waals surface area contributed by atoms with Crippen molar-refractivity contribution < 1.29 is 14.6 Å². The summed E-state index contributed by atoms with van der Waals surface area (Å²) in [7, 11) is 0. The molecule has 4 heteroatoms. The number of benzene rings is 1. The van der Waals surface area contributed by atoms with E-state index in [-0.39, 0.29) is 12.6 Å². The Morgan fingerprint density at radius 1 is 1.47 bits per heavy atom. The zero-order valence-corrected chi connectivity index (χ0v) is 8.22. The van der Waals surface area contributed by atoms with Crippen molar-refractivity contribution in [3.8, 4) is 0 Å². The zero-order valence-electron chi connectivity index (χ0n) is 8.22. The van der Waals surface area contributed by atoms with Gasteiger partial charge in [-0.25, -0.2) is 4.79 Å². The second-order valence-corrected chi connectivity index (χ2v) is 3.62. The molecule has 1 aliphatic carbocycles. The van der Waals surface area contributed by atoms with E-state index in [4.69, 9.17) is 9.84 Å². The lowest BCUT2D eigenvalue weighted by molar-refractivity contribution is 0.136. The van der Waals surface area contributed by atoms with Gasteiger partial charge in [-0.15, -0.1) is 0 Å². The summed E-state index contributed by atoms with van der Waals surface area (Å²) in [5.74, 6) is 0. The molecular weight excluding hydrogens is 194 g/mol. The lowest BCUT2D eigenvalue weighted by Crippen LogP contribution is -2.28. The van der Waals surface area contributed by atoms with Crippen molar-refractivity contribution >= 4 is 6.09 Å². The van der Waals surface area contributed by atoms with E-state index in [1.807, 2.05) is 30.3 Å². The van der Waals surface area contributed by atoms with Gasteiger partial charge in [0.05, 0.1) is 12.1 Å². The second-order valence-electron chi connectivity index (χ2n) is 3.62. The molecule has 1 saturated carbocycles. The Labute approximate surface area is 87.9 Å². The fourth-order valence-corrected chi connectivity index (χ4v) is 1.25. The molecule has 0 bridgehead atoms. The van der Waals surface area contributed by atoms with Gasteiger partial charge in [0.15, 0.2) is 0 Å². The minimum absolute atomic E-state index is 0.117. The number of aliphatic hydroxyl groups excluding tert-OH is 1. The van der Waals surface area contributed by atoms with E-state index in [1.54, 1.807) is 0 Å². The Morgan fingerprint density at radius 3 is 2.73 bits per heavy atom. The monoisotopic (exact) mass is 207 g/mol. The summed E-state index contributed by atoms with van der Waals surface area (Å²) in [5.41, 5.74) is 0.948. The molecule has 2 rings (SSSR count). The van der Waals surface area contributed by atoms with Crippen LogP contribution in [0, 0.1) is 0 Å². The van der Waals surface area contributed by atoms with Gasteiger partial charge in [-0.2, -0.15) is 0 Å². The summed E-state index contributed by atoms with van der Waals surface area (Å²) in [4.78, 5) is 11.2. The molecule has 1 aliphatic rings. The molecule has 1 amide bonds. The largest absolute Gasteiger partial charge is 0.445 e. The van der Waals surface area contributed by atoms with Gasteiger partial charge >= 0.3 is 6.09 Å². The van der Waals surface area contributed by atoms with Gasteiger partial charge in [0.25, 0.3) is 0 Å². The number of hydrogen-bond acceptors (Lipinski definition) is 3. The predicted molar refractivity (Wildman–Crippen MR) is 54.2 cm³/mol. The first-order valence-corrected chi connectivity index (χ1v) is 4.91. The predicted octanol–water partition coefficient (Wildman–Crippen LogP) is 1.05. The van der Waals surface area contributed by atoms with E-state index >= 15 is 0 Å². The first-order chi connectivity index (χ1) is 7.25. The number of aliphatic hydroxyl groups is 1. The number of nitrogens with one attached hydrogen (secondary N) is 1. The van der Waals surface area contributed by atoms with Gasteiger partial charge in [0.1, 0.15) is 6.61 Å². The average Bonchev–Trinajstić information content (AvgIpc) is 2.93. The van der Waals surface area contributed by atoms with Crippen molar-refractivity contribution in [2.24, 2.45) is 0 Å². The first kappa shape index (κ1) is 9.98. The number of carbonyl (C=O) groups excluding carboxylic acids is 1. The summed E-state index contributed by atoms with van der Waals surface area (Å²) in [5, 5.41) is 11.6. The number of rotatable bonds is 3. The molecule has 0 unspecified atom stereocenters. The van der Waals surface area contributed by atoms with Gasteiger partial charge in [-0.1, -0.05) is 30.3 Å². The number of alkyl carbamates (subject to hydrolysis) is 1. The molecule has 15 heavy (non-hydrogen) atoms. The molecule has 4 nitrogen and oxygen atoms in total. The topological polar surface area (TPSA) is 58.6 Å². The van der Waals surface area contributed by atoms with Crippen LogP contribution in [0.5, 0.6) is 0 Å². The van der Waals surface area contributed by atoms with Crippen LogP contribution >= 0.6 is 0 Å². The second kappa shape index (κ2) is 4.31. The minimum Gasteiger partial charge on any atom is -0.445 e. The highest BCUT2D eigenvalue weighted by molar-refractivity contribution is 5.68. The van der Waals surface area contributed by atoms with Crippen molar-refractivity contribution in [3.05, 3.63) is 35.9 Å². The van der Waals surface area contributed by atoms with Crippen LogP contribution in [-0.4, -0.2) is 23.3 Å². The van der Waals surface area contributed by atoms with E-state index in [2.05, 4.69) is 5.32 Å². The maximum atomic E-state index is 11.2. The van der Waals surface area contributed by atoms with Gasteiger partial charge in [0, 0.05) is 0 Å². The summed E-state index contributed by atoms with van der Waals surface area (Å²) in [6.45, 7) is 0.259. The van der Waals surface area contributed by atoms with Crippen molar-refractivity contribution in [3.63, 3.8) is 0 Å². The van der Waals surface area contributed by atoms with Crippen LogP contribution in [0.15, 0.2) is 30.3 Å². The van der Waals surface area contributed by atoms with E-state index in [9.17, 15) is 4.79 Å². The molecule has 2 atom stereocenters. The molecule has 0 aliphatic heterocycles. The molecule has 0 spiro atoms. The fraction of sp³-hybridized carbons (Fsp3) is 0.364. The molecule has 80 valence electrons. The highest BCUT2D eigenvalue weighted by Crippen LogP contribution is 2.20. The smallest absolute Gasteiger partial charge is 0.407 e. The number of ether oxygens (including phenoxy) is 1. The first-order valence-electron chi connectivity index (χ1n) is 4.91. The lowest BCUT2D eigenvalue weighted by Gasteiger charge is -2.05. The quantitative estimate of drug-likeness (QED) is 0.778. The highest BCUT2D eigenvalue weighted by atomic mass is 16.5. The van der Waals surface area contributed by atoms with Crippen molar-refractivity contribution in [2.75, 3.05) is 0 Å². The average molecular weight is 207 g/mol. The lowest BCUT2D eigenvalue weighted by atomic mass is 10.2. The third kappa shape index (κ3) is 2.95. The van der Waals surface area contributed by atoms with E-state index < -0.39 is 12.2 Å². The fourth-order valence-electron chi connectivity index (χ4n) is 1.25. The normalized spacial score (nSPS) is 23.3. The Balaban J connectivity index is 1.71. The van der Waals surface area contributed by atoms with Gasteiger partial charge < -0.3 is 15.2 Å². The molecule has 0 aromatic heterocycles. The zero-order chi connectivity index (χ0) is 10.7. The van der Waals surface area contributed by atoms with E-state index in [0.29, 0.717) is 6.42 Å². The van der Waals surface area contributed by atoms with Gasteiger partial charge in [-0.3, -0.25) is 0 Å². The Hall–Kier alpha value is -1.55. The Morgan fingerprint density at radius 2 is 2.13 bits per heavy atom. The van der Waals surface area contributed by atoms with Crippen LogP contribution in [0.4, 0.5) is 4.79 Å². The Bertz CT molecular complexity index is 339. The molecule has 1 aromatic carbocycles. The molecule has 0 saturated heterocycles. The van der Waals surface area contributed by atoms with Gasteiger partial charge in [-0.05, 0) is 12.0 Å². The van der Waals surface area contributed by atoms with Crippen LogP contribution in [-0.2, 0) is 11.3 Å². The van der Waals surface area contributed by atoms with Crippen LogP contribution in [0.1, 0.15) is 12.0 Å². The molecule has 0 heterocycles. The Kier molecular flexibility index (Phi) is 2.87. The minimum atomic E-state index is -0.472. The molecule has 0 radical (unpaired) electrons. The van der Waals surface area contributed by atoms with Crippen molar-refractivity contribution in [1.29, 1.82) is 0 Å². The number of carbonyl (C=O) groups is 1. The van der Waals surface area contributed by atoms with Crippen LogP contribution in [0.25, 0.3) is 0 Å². The summed E-state index contributed by atoms with van der Waals surface area (Å²) in [6, 6.07) is 9.35. The van der Waals surface area contributed by atoms with Crippen LogP contribution in [0.2, 0.25) is 0 Å². The molecule has 1 aromatic rings. The van der Waals surface area contributed by atoms with Crippen LogP contribution in [0.3, 0.4) is 0 Å². The van der Waals surface area contributed by atoms with Gasteiger partial charge in [0.2, 0.25) is 0 Å². The summed E-state index contributed by atoms with van der Waals surface area (Å²) < 4.78 is 4.97. The maximum absolute atomic E-state index is 11.2. The SMILES string of the molecule is O=C(N[C@@H]1C[C@@H]1O)OCc1ccccc1.